The summed E-state index contributed by atoms with van der Waals surface area (Å²) >= 11 is 6.21. The molecule has 0 bridgehead atoms. The number of nitrogens with zero attached hydrogens (tertiary/aromatic N) is 2. The second kappa shape index (κ2) is 6.07. The summed E-state index contributed by atoms with van der Waals surface area (Å²) < 4.78 is 1.94. The largest absolute Gasteiger partial charge is 0.310 e. The fourth-order valence-electron chi connectivity index (χ4n) is 3.09. The highest BCUT2D eigenvalue weighted by molar-refractivity contribution is 6.18. The summed E-state index contributed by atoms with van der Waals surface area (Å²) in [6.45, 7) is 3.32. The van der Waals surface area contributed by atoms with Gasteiger partial charge in [-0.3, -0.25) is 4.68 Å². The van der Waals surface area contributed by atoms with Gasteiger partial charge in [0.15, 0.2) is 0 Å². The van der Waals surface area contributed by atoms with E-state index in [0.29, 0.717) is 0 Å². The highest BCUT2D eigenvalue weighted by atomic mass is 35.5. The van der Waals surface area contributed by atoms with Crippen molar-refractivity contribution < 1.29 is 0 Å². The third-order valence-corrected chi connectivity index (χ3v) is 4.66. The molecule has 1 aliphatic carbocycles. The van der Waals surface area contributed by atoms with Crippen LogP contribution in [0.1, 0.15) is 38.3 Å². The van der Waals surface area contributed by atoms with Crippen molar-refractivity contribution in [2.45, 2.75) is 44.6 Å². The summed E-state index contributed by atoms with van der Waals surface area (Å²) in [5.74, 6) is 1.52. The van der Waals surface area contributed by atoms with Crippen LogP contribution in [0.2, 0.25) is 0 Å². The van der Waals surface area contributed by atoms with Gasteiger partial charge in [-0.1, -0.05) is 19.8 Å². The predicted octanol–water partition coefficient (Wildman–Crippen LogP) is 2.74. The third kappa shape index (κ3) is 3.27. The van der Waals surface area contributed by atoms with Crippen molar-refractivity contribution in [1.29, 1.82) is 0 Å². The van der Waals surface area contributed by atoms with Crippen molar-refractivity contribution in [1.82, 2.24) is 15.1 Å². The van der Waals surface area contributed by atoms with Gasteiger partial charge < -0.3 is 5.32 Å². The van der Waals surface area contributed by atoms with Gasteiger partial charge in [-0.05, 0) is 24.8 Å². The molecule has 1 heterocycles. The Morgan fingerprint density at radius 2 is 2.44 bits per heavy atom. The van der Waals surface area contributed by atoms with Gasteiger partial charge in [0.2, 0.25) is 0 Å². The summed E-state index contributed by atoms with van der Waals surface area (Å²) in [7, 11) is 2.00. The number of hydrogen-bond donors (Lipinski definition) is 1. The zero-order valence-electron chi connectivity index (χ0n) is 11.5. The maximum Gasteiger partial charge on any atom is 0.0492 e. The Morgan fingerprint density at radius 1 is 1.61 bits per heavy atom. The molecule has 1 fully saturated rings. The zero-order chi connectivity index (χ0) is 13.0. The molecule has 1 aliphatic rings. The first-order valence-electron chi connectivity index (χ1n) is 6.93. The monoisotopic (exact) mass is 269 g/mol. The molecule has 1 saturated carbocycles. The average molecular weight is 270 g/mol. The van der Waals surface area contributed by atoms with E-state index in [2.05, 4.69) is 23.4 Å². The molecule has 2 rings (SSSR count). The Labute approximate surface area is 115 Å². The maximum atomic E-state index is 6.21. The second-order valence-electron chi connectivity index (χ2n) is 5.74. The van der Waals surface area contributed by atoms with E-state index in [1.807, 2.05) is 17.9 Å². The minimum atomic E-state index is 0.164. The molecule has 0 spiro atoms. The van der Waals surface area contributed by atoms with Crippen molar-refractivity contribution in [2.24, 2.45) is 13.0 Å². The SMILES string of the molecule is CC1CCCC(CCl)(NCCc2ccnn2C)C1. The quantitative estimate of drug-likeness (QED) is 0.833. The minimum absolute atomic E-state index is 0.164. The number of halogens is 1. The topological polar surface area (TPSA) is 29.9 Å². The van der Waals surface area contributed by atoms with Crippen LogP contribution in [0.3, 0.4) is 0 Å². The van der Waals surface area contributed by atoms with Gasteiger partial charge in [-0.15, -0.1) is 11.6 Å². The van der Waals surface area contributed by atoms with E-state index in [4.69, 9.17) is 11.6 Å². The number of aromatic nitrogens is 2. The molecule has 2 unspecified atom stereocenters. The van der Waals surface area contributed by atoms with Crippen LogP contribution in [0.5, 0.6) is 0 Å². The number of hydrogen-bond acceptors (Lipinski definition) is 2. The van der Waals surface area contributed by atoms with E-state index < -0.39 is 0 Å². The van der Waals surface area contributed by atoms with Crippen LogP contribution in [0, 0.1) is 5.92 Å². The molecule has 102 valence electrons. The summed E-state index contributed by atoms with van der Waals surface area (Å²) in [5, 5.41) is 7.90. The van der Waals surface area contributed by atoms with Crippen LogP contribution in [-0.2, 0) is 13.5 Å². The Balaban J connectivity index is 1.85. The van der Waals surface area contributed by atoms with Gasteiger partial charge in [0.05, 0.1) is 0 Å². The molecule has 18 heavy (non-hydrogen) atoms. The highest BCUT2D eigenvalue weighted by Crippen LogP contribution is 2.33. The number of aryl methyl sites for hydroxylation is 1. The Hall–Kier alpha value is -0.540. The van der Waals surface area contributed by atoms with Gasteiger partial charge in [-0.25, -0.2) is 0 Å². The van der Waals surface area contributed by atoms with Crippen molar-refractivity contribution in [3.63, 3.8) is 0 Å². The lowest BCUT2D eigenvalue weighted by Gasteiger charge is -2.39. The Morgan fingerprint density at radius 3 is 3.06 bits per heavy atom. The summed E-state index contributed by atoms with van der Waals surface area (Å²) in [6.07, 6.45) is 7.95. The molecule has 3 nitrogen and oxygen atoms in total. The van der Waals surface area contributed by atoms with Crippen molar-refractivity contribution >= 4 is 11.6 Å². The molecule has 0 aliphatic heterocycles. The fourth-order valence-corrected chi connectivity index (χ4v) is 3.43. The number of rotatable bonds is 5. The molecular formula is C14H24ClN3. The molecule has 1 N–H and O–H groups in total. The maximum absolute atomic E-state index is 6.21. The molecule has 0 radical (unpaired) electrons. The summed E-state index contributed by atoms with van der Waals surface area (Å²) in [6, 6.07) is 2.08. The molecule has 1 aromatic rings. The van der Waals surface area contributed by atoms with E-state index in [-0.39, 0.29) is 5.54 Å². The van der Waals surface area contributed by atoms with Crippen molar-refractivity contribution in [3.05, 3.63) is 18.0 Å². The van der Waals surface area contributed by atoms with E-state index >= 15 is 0 Å². The Kier molecular flexibility index (Phi) is 4.68. The average Bonchev–Trinajstić information content (AvgIpc) is 2.75. The van der Waals surface area contributed by atoms with Gasteiger partial charge in [0.25, 0.3) is 0 Å². The first kappa shape index (κ1) is 13.9. The summed E-state index contributed by atoms with van der Waals surface area (Å²) in [4.78, 5) is 0. The van der Waals surface area contributed by atoms with Crippen LogP contribution in [-0.4, -0.2) is 27.7 Å². The van der Waals surface area contributed by atoms with Gasteiger partial charge >= 0.3 is 0 Å². The van der Waals surface area contributed by atoms with E-state index in [0.717, 1.165) is 24.8 Å². The molecule has 4 heteroatoms. The number of nitrogens with one attached hydrogen (secondary N) is 1. The van der Waals surface area contributed by atoms with Crippen LogP contribution < -0.4 is 5.32 Å². The van der Waals surface area contributed by atoms with Gasteiger partial charge in [0, 0.05) is 43.3 Å². The lowest BCUT2D eigenvalue weighted by Crippen LogP contribution is -2.50. The van der Waals surface area contributed by atoms with Crippen molar-refractivity contribution in [2.75, 3.05) is 12.4 Å². The van der Waals surface area contributed by atoms with Crippen LogP contribution in [0.4, 0.5) is 0 Å². The van der Waals surface area contributed by atoms with Gasteiger partial charge in [-0.2, -0.15) is 5.10 Å². The smallest absolute Gasteiger partial charge is 0.0492 e. The molecule has 1 aromatic heterocycles. The second-order valence-corrected chi connectivity index (χ2v) is 6.01. The van der Waals surface area contributed by atoms with Crippen LogP contribution in [0.25, 0.3) is 0 Å². The molecule has 2 atom stereocenters. The summed E-state index contributed by atoms with van der Waals surface area (Å²) in [5.41, 5.74) is 1.44. The first-order valence-corrected chi connectivity index (χ1v) is 7.46. The molecule has 0 aromatic carbocycles. The van der Waals surface area contributed by atoms with E-state index in [1.54, 1.807) is 0 Å². The third-order valence-electron chi connectivity index (χ3n) is 4.15. The molecule has 0 saturated heterocycles. The Bertz CT molecular complexity index is 377. The van der Waals surface area contributed by atoms with E-state index in [1.165, 1.54) is 31.4 Å². The lowest BCUT2D eigenvalue weighted by molar-refractivity contribution is 0.210. The van der Waals surface area contributed by atoms with Crippen LogP contribution in [0.15, 0.2) is 12.3 Å². The first-order chi connectivity index (χ1) is 8.65. The van der Waals surface area contributed by atoms with E-state index in [9.17, 15) is 0 Å². The van der Waals surface area contributed by atoms with Gasteiger partial charge in [0.1, 0.15) is 0 Å². The molecular weight excluding hydrogens is 246 g/mol. The minimum Gasteiger partial charge on any atom is -0.310 e. The lowest BCUT2D eigenvalue weighted by atomic mass is 9.77. The highest BCUT2D eigenvalue weighted by Gasteiger charge is 2.33. The zero-order valence-corrected chi connectivity index (χ0v) is 12.2. The predicted molar refractivity (Wildman–Crippen MR) is 76.0 cm³/mol. The molecule has 0 amide bonds. The standard InChI is InChI=1S/C14H24ClN3/c1-12-4-3-7-14(10-12,11-15)16-8-5-13-6-9-17-18(13)2/h6,9,12,16H,3-5,7-8,10-11H2,1-2H3. The number of alkyl halides is 1. The van der Waals surface area contributed by atoms with Crippen molar-refractivity contribution in [3.8, 4) is 0 Å². The normalized spacial score (nSPS) is 28.5. The fraction of sp³-hybridized carbons (Fsp3) is 0.786. The van der Waals surface area contributed by atoms with Crippen LogP contribution >= 0.6 is 11.6 Å².